The Morgan fingerprint density at radius 2 is 1.98 bits per heavy atom. The van der Waals surface area contributed by atoms with Gasteiger partial charge in [0, 0.05) is 48.9 Å². The largest absolute Gasteiger partial charge is 0.463 e. The number of carbonyl (C=O) groups excluding carboxylic acids is 1. The molecule has 0 bridgehead atoms. The minimum absolute atomic E-state index is 0.0140. The van der Waals surface area contributed by atoms with E-state index in [1.165, 1.54) is 17.9 Å². The summed E-state index contributed by atoms with van der Waals surface area (Å²) in [6.07, 6.45) is -1.97. The number of ether oxygens (including phenoxy) is 1. The molecular weight excluding hydrogens is 590 g/mol. The highest BCUT2D eigenvalue weighted by molar-refractivity contribution is 5.91. The van der Waals surface area contributed by atoms with E-state index in [9.17, 15) is 22.4 Å². The van der Waals surface area contributed by atoms with Gasteiger partial charge in [-0.25, -0.2) is 11.0 Å². The average Bonchev–Trinajstić information content (AvgIpc) is 3.73. The molecule has 2 atom stereocenters. The third kappa shape index (κ3) is 6.85. The molecule has 0 N–H and O–H groups in total. The monoisotopic (exact) mass is 629 g/mol. The molecule has 5 rings (SSSR count). The molecule has 13 heteroatoms. The zero-order valence-electron chi connectivity index (χ0n) is 26.1. The van der Waals surface area contributed by atoms with Crippen LogP contribution >= 0.6 is 0 Å². The Labute approximate surface area is 261 Å². The molecule has 9 nitrogen and oxygen atoms in total. The molecule has 2 fully saturated rings. The predicted octanol–water partition coefficient (Wildman–Crippen LogP) is 4.90. The lowest BCUT2D eigenvalue weighted by molar-refractivity contribution is -0.138. The number of hydrogen-bond acceptors (Lipinski definition) is 7. The van der Waals surface area contributed by atoms with E-state index in [-0.39, 0.29) is 49.2 Å². The first-order valence-corrected chi connectivity index (χ1v) is 15.1. The fourth-order valence-electron chi connectivity index (χ4n) is 6.59. The molecule has 3 aliphatic rings. The van der Waals surface area contributed by atoms with Gasteiger partial charge < -0.3 is 29.2 Å². The third-order valence-corrected chi connectivity index (χ3v) is 9.02. The van der Waals surface area contributed by atoms with E-state index in [4.69, 9.17) is 21.3 Å². The lowest BCUT2D eigenvalue weighted by Gasteiger charge is -2.42. The van der Waals surface area contributed by atoms with Gasteiger partial charge in [-0.05, 0) is 64.9 Å². The highest BCUT2D eigenvalue weighted by Crippen LogP contribution is 2.46. The van der Waals surface area contributed by atoms with Crippen LogP contribution < -0.4 is 14.5 Å². The van der Waals surface area contributed by atoms with Crippen molar-refractivity contribution in [2.24, 2.45) is 5.41 Å². The fourth-order valence-corrected chi connectivity index (χ4v) is 6.59. The van der Waals surface area contributed by atoms with Crippen molar-refractivity contribution < 1.29 is 27.1 Å². The van der Waals surface area contributed by atoms with Crippen molar-refractivity contribution in [3.05, 3.63) is 64.4 Å². The van der Waals surface area contributed by atoms with Crippen LogP contribution in [0.1, 0.15) is 42.1 Å². The summed E-state index contributed by atoms with van der Waals surface area (Å²) >= 11 is 0. The number of aromatic nitrogens is 2. The maximum absolute atomic E-state index is 13.8. The number of alkyl halides is 3. The van der Waals surface area contributed by atoms with Crippen molar-refractivity contribution in [1.29, 1.82) is 0 Å². The molecule has 1 aromatic heterocycles. The number of fused-ring (bicyclic) bond motifs is 1. The van der Waals surface area contributed by atoms with Gasteiger partial charge in [-0.15, -0.1) is 0 Å². The fraction of sp³-hybridized carbons (Fsp3) is 0.562. The number of carbonyl (C=O) groups is 1. The molecule has 1 aliphatic carbocycles. The average molecular weight is 630 g/mol. The molecule has 2 aliphatic heterocycles. The third-order valence-electron chi connectivity index (χ3n) is 9.02. The lowest BCUT2D eigenvalue weighted by atomic mass is 9.95. The molecule has 3 heterocycles. The highest BCUT2D eigenvalue weighted by atomic mass is 19.4. The van der Waals surface area contributed by atoms with Gasteiger partial charge in [-0.2, -0.15) is 23.1 Å². The van der Waals surface area contributed by atoms with Gasteiger partial charge in [0.2, 0.25) is 6.54 Å². The number of anilines is 2. The number of piperazine rings is 1. The smallest absolute Gasteiger partial charge is 0.416 e. The first kappa shape index (κ1) is 32.5. The van der Waals surface area contributed by atoms with Crippen LogP contribution in [-0.4, -0.2) is 91.2 Å². The first-order chi connectivity index (χ1) is 21.2. The molecule has 45 heavy (non-hydrogen) atoms. The Hall–Kier alpha value is -3.92. The van der Waals surface area contributed by atoms with Crippen molar-refractivity contribution in [3.8, 4) is 6.01 Å². The number of halogens is 4. The summed E-state index contributed by atoms with van der Waals surface area (Å²) < 4.78 is 61.4. The van der Waals surface area contributed by atoms with Crippen LogP contribution in [0.5, 0.6) is 6.01 Å². The highest BCUT2D eigenvalue weighted by Gasteiger charge is 2.44. The number of amides is 1. The number of hydrogen-bond donors (Lipinski definition) is 0. The normalized spacial score (nSPS) is 20.9. The van der Waals surface area contributed by atoms with Gasteiger partial charge in [0.1, 0.15) is 11.9 Å². The van der Waals surface area contributed by atoms with Gasteiger partial charge in [0.05, 0.1) is 24.4 Å². The molecule has 242 valence electrons. The standard InChI is InChI=1S/C32H39F4N7O2/c1-20-14-24-26(17-43(20)27-9-7-8-25(21(27)2)32(34,35)36)38-30(45-19-31(10-11-31)18-40(5)6)39-28(24)41-12-13-42(29(44)22(3)33)23(16-41)15-37-4/h7-9,20,23H,3,10-19H2,1-2,5-6H3/t20-,23-/m0/s1. The Balaban J connectivity index is 1.51. The number of benzene rings is 1. The zero-order valence-corrected chi connectivity index (χ0v) is 26.1. The van der Waals surface area contributed by atoms with Crippen molar-refractivity contribution in [3.63, 3.8) is 0 Å². The van der Waals surface area contributed by atoms with Crippen molar-refractivity contribution in [2.75, 3.05) is 63.2 Å². The molecule has 0 spiro atoms. The van der Waals surface area contributed by atoms with Gasteiger partial charge in [-0.3, -0.25) is 4.79 Å². The number of rotatable bonds is 9. The van der Waals surface area contributed by atoms with Crippen LogP contribution in [0.4, 0.5) is 29.1 Å². The summed E-state index contributed by atoms with van der Waals surface area (Å²) in [5.74, 6) is -1.28. The molecular formula is C32H39F4N7O2. The number of nitrogens with zero attached hydrogens (tertiary/aromatic N) is 7. The second-order valence-corrected chi connectivity index (χ2v) is 12.8. The second kappa shape index (κ2) is 12.5. The van der Waals surface area contributed by atoms with E-state index >= 15 is 0 Å². The molecule has 1 saturated carbocycles. The Bertz CT molecular complexity index is 1500. The molecule has 1 amide bonds. The lowest BCUT2D eigenvalue weighted by Crippen LogP contribution is -2.57. The summed E-state index contributed by atoms with van der Waals surface area (Å²) in [5, 5.41) is 0. The van der Waals surface area contributed by atoms with E-state index in [1.807, 2.05) is 30.8 Å². The van der Waals surface area contributed by atoms with E-state index in [0.29, 0.717) is 36.8 Å². The van der Waals surface area contributed by atoms with E-state index in [1.54, 1.807) is 6.07 Å². The summed E-state index contributed by atoms with van der Waals surface area (Å²) in [6.45, 7) is 16.3. The quantitative estimate of drug-likeness (QED) is 0.222. The summed E-state index contributed by atoms with van der Waals surface area (Å²) in [6, 6.07) is 3.65. The Morgan fingerprint density at radius 3 is 2.60 bits per heavy atom. The molecule has 2 aromatic rings. The zero-order chi connectivity index (χ0) is 32.7. The Kier molecular flexibility index (Phi) is 8.99. The van der Waals surface area contributed by atoms with Gasteiger partial charge in [0.25, 0.3) is 5.91 Å². The van der Waals surface area contributed by atoms with Gasteiger partial charge in [-0.1, -0.05) is 12.6 Å². The minimum Gasteiger partial charge on any atom is -0.463 e. The SMILES string of the molecule is [C-]#[N+]C[C@H]1CN(c2nc(OCC3(CN(C)C)CC3)nc3c2C[C@H](C)N(c2cccc(C(F)(F)F)c2C)C3)CCN1C(=O)C(=C)F. The minimum atomic E-state index is -4.47. The Morgan fingerprint density at radius 1 is 1.24 bits per heavy atom. The van der Waals surface area contributed by atoms with Gasteiger partial charge >= 0.3 is 12.2 Å². The first-order valence-electron chi connectivity index (χ1n) is 15.1. The maximum Gasteiger partial charge on any atom is 0.416 e. The van der Waals surface area contributed by atoms with Crippen LogP contribution in [0.3, 0.4) is 0 Å². The molecule has 0 radical (unpaired) electrons. The van der Waals surface area contributed by atoms with Crippen LogP contribution in [0, 0.1) is 18.9 Å². The van der Waals surface area contributed by atoms with Crippen LogP contribution in [0.25, 0.3) is 4.85 Å². The summed E-state index contributed by atoms with van der Waals surface area (Å²) in [4.78, 5) is 33.0. The topological polar surface area (TPSA) is 69.4 Å². The van der Waals surface area contributed by atoms with Crippen LogP contribution in [0.2, 0.25) is 0 Å². The van der Waals surface area contributed by atoms with Crippen LogP contribution in [-0.2, 0) is 23.9 Å². The van der Waals surface area contributed by atoms with Gasteiger partial charge in [0.15, 0.2) is 5.83 Å². The van der Waals surface area contributed by atoms with Crippen LogP contribution in [0.15, 0.2) is 30.6 Å². The van der Waals surface area contributed by atoms with E-state index in [2.05, 4.69) is 16.3 Å². The summed E-state index contributed by atoms with van der Waals surface area (Å²) in [7, 11) is 4.03. The summed E-state index contributed by atoms with van der Waals surface area (Å²) in [5.41, 5.74) is 1.49. The van der Waals surface area contributed by atoms with Crippen molar-refractivity contribution in [2.45, 2.75) is 57.9 Å². The van der Waals surface area contributed by atoms with Crippen molar-refractivity contribution >= 4 is 17.4 Å². The van der Waals surface area contributed by atoms with E-state index in [0.717, 1.165) is 31.0 Å². The second-order valence-electron chi connectivity index (χ2n) is 12.8. The molecule has 0 unspecified atom stereocenters. The molecule has 1 aromatic carbocycles. The predicted molar refractivity (Wildman–Crippen MR) is 163 cm³/mol. The van der Waals surface area contributed by atoms with Crippen molar-refractivity contribution in [1.82, 2.24) is 19.8 Å². The van der Waals surface area contributed by atoms with E-state index < -0.39 is 29.5 Å². The maximum atomic E-state index is 13.8. The molecule has 1 saturated heterocycles.